The van der Waals surface area contributed by atoms with Crippen molar-refractivity contribution < 1.29 is 19.4 Å². The van der Waals surface area contributed by atoms with Crippen molar-refractivity contribution in [3.05, 3.63) is 89.3 Å². The molecule has 1 aliphatic rings. The summed E-state index contributed by atoms with van der Waals surface area (Å²) < 4.78 is 7.07. The van der Waals surface area contributed by atoms with Crippen LogP contribution in [0.2, 0.25) is 0 Å². The summed E-state index contributed by atoms with van der Waals surface area (Å²) in [5.74, 6) is -0.456. The monoisotopic (exact) mass is 391 g/mol. The molecular weight excluding hydrogens is 366 g/mol. The molecule has 0 radical (unpaired) electrons. The van der Waals surface area contributed by atoms with E-state index in [4.69, 9.17) is 9.84 Å². The van der Waals surface area contributed by atoms with Gasteiger partial charge in [0.2, 0.25) is 5.78 Å². The quantitative estimate of drug-likeness (QED) is 0.639. The van der Waals surface area contributed by atoms with Gasteiger partial charge in [-0.25, -0.2) is 4.79 Å². The highest BCUT2D eigenvalue weighted by Crippen LogP contribution is 2.19. The Bertz CT molecular complexity index is 965. The molecule has 1 N–H and O–H groups in total. The van der Waals surface area contributed by atoms with Crippen molar-refractivity contribution in [3.63, 3.8) is 0 Å². The van der Waals surface area contributed by atoms with E-state index in [0.29, 0.717) is 18.2 Å². The van der Waals surface area contributed by atoms with Gasteiger partial charge in [-0.15, -0.1) is 0 Å². The van der Waals surface area contributed by atoms with Crippen LogP contribution in [0.15, 0.2) is 72.5 Å². The van der Waals surface area contributed by atoms with Crippen LogP contribution in [0.1, 0.15) is 35.0 Å². The standard InChI is InChI=1S/C24H25NO4/c1-18-9-11-21(12-10-18)24(28)22-8-4-14-25(22)13-3-7-19-5-2-6-20(15-19)16-29-17-23(26)27/h2-9,11-12,14-15,18H,10,13,16-17H2,1H3,(H,26,27)/b7-3+. The van der Waals surface area contributed by atoms with Gasteiger partial charge in [-0.1, -0.05) is 55.5 Å². The second-order valence-corrected chi connectivity index (χ2v) is 7.14. The van der Waals surface area contributed by atoms with Crippen LogP contribution in [0.5, 0.6) is 0 Å². The average Bonchev–Trinajstić information content (AvgIpc) is 3.17. The van der Waals surface area contributed by atoms with E-state index in [2.05, 4.69) is 13.0 Å². The number of allylic oxidation sites excluding steroid dienone is 5. The van der Waals surface area contributed by atoms with Crippen LogP contribution in [-0.2, 0) is 22.7 Å². The first-order valence-electron chi connectivity index (χ1n) is 9.66. The number of hydrogen-bond donors (Lipinski definition) is 1. The third-order valence-electron chi connectivity index (χ3n) is 4.70. The van der Waals surface area contributed by atoms with Crippen molar-refractivity contribution in [1.29, 1.82) is 0 Å². The van der Waals surface area contributed by atoms with E-state index in [1.54, 1.807) is 0 Å². The lowest BCUT2D eigenvalue weighted by molar-refractivity contribution is -0.142. The van der Waals surface area contributed by atoms with Crippen LogP contribution >= 0.6 is 0 Å². The van der Waals surface area contributed by atoms with E-state index in [0.717, 1.165) is 23.1 Å². The zero-order valence-electron chi connectivity index (χ0n) is 16.5. The molecular formula is C24H25NO4. The number of ketones is 1. The molecule has 1 aromatic heterocycles. The van der Waals surface area contributed by atoms with Crippen molar-refractivity contribution in [2.24, 2.45) is 5.92 Å². The summed E-state index contributed by atoms with van der Waals surface area (Å²) in [7, 11) is 0. The predicted molar refractivity (Wildman–Crippen MR) is 113 cm³/mol. The number of rotatable bonds is 9. The van der Waals surface area contributed by atoms with Gasteiger partial charge in [0, 0.05) is 18.3 Å². The van der Waals surface area contributed by atoms with Gasteiger partial charge in [-0.2, -0.15) is 0 Å². The fraction of sp³-hybridized carbons (Fsp3) is 0.250. The lowest BCUT2D eigenvalue weighted by Gasteiger charge is -2.12. The average molecular weight is 391 g/mol. The van der Waals surface area contributed by atoms with Gasteiger partial charge in [0.1, 0.15) is 6.61 Å². The summed E-state index contributed by atoms with van der Waals surface area (Å²) in [5.41, 5.74) is 3.33. The number of carbonyl (C=O) groups is 2. The van der Waals surface area contributed by atoms with Crippen molar-refractivity contribution in [1.82, 2.24) is 4.57 Å². The number of carboxylic acids is 1. The van der Waals surface area contributed by atoms with E-state index >= 15 is 0 Å². The number of ether oxygens (including phenoxy) is 1. The van der Waals surface area contributed by atoms with Gasteiger partial charge >= 0.3 is 5.97 Å². The first-order valence-corrected chi connectivity index (χ1v) is 9.66. The van der Waals surface area contributed by atoms with Gasteiger partial charge in [0.05, 0.1) is 12.3 Å². The second kappa shape index (κ2) is 9.85. The van der Waals surface area contributed by atoms with Gasteiger partial charge in [-0.05, 0) is 41.7 Å². The molecule has 0 saturated heterocycles. The van der Waals surface area contributed by atoms with Crippen LogP contribution in [-0.4, -0.2) is 28.0 Å². The molecule has 0 saturated carbocycles. The maximum atomic E-state index is 12.8. The molecule has 5 nitrogen and oxygen atoms in total. The Morgan fingerprint density at radius 1 is 1.28 bits per heavy atom. The summed E-state index contributed by atoms with van der Waals surface area (Å²) in [6.07, 6.45) is 12.8. The molecule has 1 unspecified atom stereocenters. The van der Waals surface area contributed by atoms with Gasteiger partial charge < -0.3 is 14.4 Å². The Balaban J connectivity index is 1.62. The van der Waals surface area contributed by atoms with Gasteiger partial charge in [0.25, 0.3) is 0 Å². The molecule has 29 heavy (non-hydrogen) atoms. The smallest absolute Gasteiger partial charge is 0.329 e. The van der Waals surface area contributed by atoms with Crippen molar-refractivity contribution in [2.75, 3.05) is 6.61 Å². The zero-order valence-corrected chi connectivity index (χ0v) is 16.5. The van der Waals surface area contributed by atoms with Crippen LogP contribution in [0, 0.1) is 5.92 Å². The lowest BCUT2D eigenvalue weighted by atomic mass is 9.95. The highest BCUT2D eigenvalue weighted by Gasteiger charge is 2.16. The molecule has 5 heteroatoms. The minimum Gasteiger partial charge on any atom is -0.480 e. The van der Waals surface area contributed by atoms with E-state index < -0.39 is 5.97 Å². The fourth-order valence-corrected chi connectivity index (χ4v) is 3.17. The summed E-state index contributed by atoms with van der Waals surface area (Å²) in [6.45, 7) is 2.66. The summed E-state index contributed by atoms with van der Waals surface area (Å²) in [5, 5.41) is 8.64. The first-order chi connectivity index (χ1) is 14.0. The van der Waals surface area contributed by atoms with Crippen LogP contribution in [0.3, 0.4) is 0 Å². The van der Waals surface area contributed by atoms with E-state index in [9.17, 15) is 9.59 Å². The fourth-order valence-electron chi connectivity index (χ4n) is 3.17. The van der Waals surface area contributed by atoms with Crippen molar-refractivity contribution in [2.45, 2.75) is 26.5 Å². The topological polar surface area (TPSA) is 68.5 Å². The number of Topliss-reactive ketones (excluding diaryl/α,β-unsaturated/α-hetero) is 1. The molecule has 1 aliphatic carbocycles. The normalized spacial score (nSPS) is 16.2. The number of carbonyl (C=O) groups excluding carboxylic acids is 1. The summed E-state index contributed by atoms with van der Waals surface area (Å²) in [4.78, 5) is 23.3. The molecule has 1 heterocycles. The molecule has 2 aromatic rings. The predicted octanol–water partition coefficient (Wildman–Crippen LogP) is 4.51. The first kappa shape index (κ1) is 20.6. The SMILES string of the molecule is CC1C=CC(C(=O)c2cccn2C/C=C/c2cccc(COCC(=O)O)c2)=CC1. The molecule has 3 rings (SSSR count). The van der Waals surface area contributed by atoms with Gasteiger partial charge in [0.15, 0.2) is 0 Å². The Kier molecular flexibility index (Phi) is 6.98. The lowest BCUT2D eigenvalue weighted by Crippen LogP contribution is -2.11. The molecule has 0 aliphatic heterocycles. The Labute approximate surface area is 170 Å². The molecule has 1 aromatic carbocycles. The van der Waals surface area contributed by atoms with Crippen molar-refractivity contribution in [3.8, 4) is 0 Å². The zero-order chi connectivity index (χ0) is 20.6. The molecule has 0 bridgehead atoms. The van der Waals surface area contributed by atoms with Crippen LogP contribution < -0.4 is 0 Å². The minimum atomic E-state index is -0.980. The number of nitrogens with zero attached hydrogens (tertiary/aromatic N) is 1. The van der Waals surface area contributed by atoms with E-state index in [1.807, 2.05) is 71.5 Å². The summed E-state index contributed by atoms with van der Waals surface area (Å²) in [6, 6.07) is 11.5. The highest BCUT2D eigenvalue weighted by atomic mass is 16.5. The third kappa shape index (κ3) is 5.90. The number of benzene rings is 1. The minimum absolute atomic E-state index is 0.0455. The highest BCUT2D eigenvalue weighted by molar-refractivity contribution is 6.09. The Hall–Kier alpha value is -3.18. The molecule has 0 spiro atoms. The third-order valence-corrected chi connectivity index (χ3v) is 4.70. The number of hydrogen-bond acceptors (Lipinski definition) is 3. The Morgan fingerprint density at radius 2 is 2.14 bits per heavy atom. The molecule has 1 atom stereocenters. The maximum absolute atomic E-state index is 12.8. The Morgan fingerprint density at radius 3 is 2.90 bits per heavy atom. The molecule has 0 amide bonds. The van der Waals surface area contributed by atoms with Crippen LogP contribution in [0.4, 0.5) is 0 Å². The van der Waals surface area contributed by atoms with Gasteiger partial charge in [-0.3, -0.25) is 4.79 Å². The summed E-state index contributed by atoms with van der Waals surface area (Å²) >= 11 is 0. The van der Waals surface area contributed by atoms with Crippen molar-refractivity contribution >= 4 is 17.8 Å². The maximum Gasteiger partial charge on any atom is 0.329 e. The number of carboxylic acid groups (broad SMARTS) is 1. The number of aromatic nitrogens is 1. The molecule has 0 fully saturated rings. The number of aliphatic carboxylic acids is 1. The molecule has 150 valence electrons. The largest absolute Gasteiger partial charge is 0.480 e. The van der Waals surface area contributed by atoms with E-state index in [-0.39, 0.29) is 19.0 Å². The second-order valence-electron chi connectivity index (χ2n) is 7.14. The van der Waals surface area contributed by atoms with Crippen LogP contribution in [0.25, 0.3) is 6.08 Å². The van der Waals surface area contributed by atoms with E-state index in [1.165, 1.54) is 0 Å².